The van der Waals surface area contributed by atoms with Crippen LogP contribution in [0, 0.1) is 5.92 Å². The summed E-state index contributed by atoms with van der Waals surface area (Å²) in [6.45, 7) is 0.994. The lowest BCUT2D eigenvalue weighted by atomic mass is 9.97. The normalized spacial score (nSPS) is 19.7. The fraction of sp³-hybridized carbons (Fsp3) is 0.500. The first-order valence-electron chi connectivity index (χ1n) is 7.75. The van der Waals surface area contributed by atoms with Crippen LogP contribution >= 0.6 is 23.5 Å². The molecule has 23 heavy (non-hydrogen) atoms. The molecule has 0 bridgehead atoms. The van der Waals surface area contributed by atoms with Crippen molar-refractivity contribution in [2.45, 2.75) is 17.4 Å². The zero-order valence-corrected chi connectivity index (χ0v) is 14.4. The van der Waals surface area contributed by atoms with E-state index in [1.807, 2.05) is 41.7 Å². The molecule has 1 aromatic carbocycles. The second-order valence-corrected chi connectivity index (χ2v) is 8.45. The number of carboxylic acid groups (broad SMARTS) is 1. The molecule has 0 aliphatic carbocycles. The Balaban J connectivity index is 1.58. The highest BCUT2D eigenvalue weighted by atomic mass is 32.2. The van der Waals surface area contributed by atoms with E-state index in [2.05, 4.69) is 11.4 Å². The van der Waals surface area contributed by atoms with E-state index in [1.54, 1.807) is 4.90 Å². The van der Waals surface area contributed by atoms with E-state index in [4.69, 9.17) is 5.11 Å². The second-order valence-electron chi connectivity index (χ2n) is 5.73. The standard InChI is InChI=1S/C16H20N2O3S2/c19-14(20)11-4-6-18(7-5-11)16(21)17-13-3-1-2-12(10-13)15-22-8-9-23-15/h1-3,10-11,15H,4-9H2,(H,17,21)(H,19,20). The number of carboxylic acids is 1. The summed E-state index contributed by atoms with van der Waals surface area (Å²) in [4.78, 5) is 25.0. The number of nitrogens with zero attached hydrogens (tertiary/aromatic N) is 1. The van der Waals surface area contributed by atoms with Gasteiger partial charge < -0.3 is 15.3 Å². The summed E-state index contributed by atoms with van der Waals surface area (Å²) in [5.41, 5.74) is 2.04. The van der Waals surface area contributed by atoms with Crippen molar-refractivity contribution in [1.29, 1.82) is 0 Å². The van der Waals surface area contributed by atoms with Gasteiger partial charge in [0.2, 0.25) is 0 Å². The number of aliphatic carboxylic acids is 1. The van der Waals surface area contributed by atoms with E-state index in [-0.39, 0.29) is 11.9 Å². The number of carbonyl (C=O) groups is 2. The monoisotopic (exact) mass is 352 g/mol. The number of urea groups is 1. The highest BCUT2D eigenvalue weighted by Gasteiger charge is 2.27. The van der Waals surface area contributed by atoms with E-state index in [9.17, 15) is 9.59 Å². The number of hydrogen-bond acceptors (Lipinski definition) is 4. The minimum absolute atomic E-state index is 0.141. The molecule has 0 radical (unpaired) electrons. The minimum atomic E-state index is -0.760. The van der Waals surface area contributed by atoms with Gasteiger partial charge in [0.05, 0.1) is 10.5 Å². The first-order valence-corrected chi connectivity index (χ1v) is 9.85. The summed E-state index contributed by atoms with van der Waals surface area (Å²) in [6.07, 6.45) is 1.05. The first-order chi connectivity index (χ1) is 11.1. The predicted molar refractivity (Wildman–Crippen MR) is 95.1 cm³/mol. The van der Waals surface area contributed by atoms with Crippen molar-refractivity contribution in [3.05, 3.63) is 29.8 Å². The van der Waals surface area contributed by atoms with E-state index in [0.717, 1.165) is 5.69 Å². The van der Waals surface area contributed by atoms with Crippen LogP contribution < -0.4 is 5.32 Å². The zero-order chi connectivity index (χ0) is 16.2. The van der Waals surface area contributed by atoms with Gasteiger partial charge in [-0.1, -0.05) is 12.1 Å². The summed E-state index contributed by atoms with van der Waals surface area (Å²) in [7, 11) is 0. The molecule has 0 spiro atoms. The van der Waals surface area contributed by atoms with Crippen LogP contribution in [0.15, 0.2) is 24.3 Å². The summed E-state index contributed by atoms with van der Waals surface area (Å²) >= 11 is 3.88. The van der Waals surface area contributed by atoms with Gasteiger partial charge >= 0.3 is 12.0 Å². The number of likely N-dealkylation sites (tertiary alicyclic amines) is 1. The van der Waals surface area contributed by atoms with Crippen molar-refractivity contribution in [3.63, 3.8) is 0 Å². The Hall–Kier alpha value is -1.34. The van der Waals surface area contributed by atoms with Crippen LogP contribution in [0.25, 0.3) is 0 Å². The molecule has 2 aliphatic heterocycles. The van der Waals surface area contributed by atoms with Gasteiger partial charge in [-0.3, -0.25) is 4.79 Å². The fourth-order valence-corrected chi connectivity index (χ4v) is 5.68. The predicted octanol–water partition coefficient (Wildman–Crippen LogP) is 3.49. The molecule has 2 amide bonds. The number of rotatable bonds is 3. The zero-order valence-electron chi connectivity index (χ0n) is 12.7. The van der Waals surface area contributed by atoms with E-state index in [1.165, 1.54) is 17.1 Å². The molecular formula is C16H20N2O3S2. The van der Waals surface area contributed by atoms with E-state index >= 15 is 0 Å². The number of amides is 2. The van der Waals surface area contributed by atoms with Crippen molar-refractivity contribution in [1.82, 2.24) is 4.90 Å². The number of hydrogen-bond donors (Lipinski definition) is 2. The van der Waals surface area contributed by atoms with Crippen molar-refractivity contribution >= 4 is 41.2 Å². The quantitative estimate of drug-likeness (QED) is 0.871. The number of piperidine rings is 1. The molecule has 124 valence electrons. The highest BCUT2D eigenvalue weighted by molar-refractivity contribution is 8.19. The van der Waals surface area contributed by atoms with Gasteiger partial charge in [-0.25, -0.2) is 4.79 Å². The van der Waals surface area contributed by atoms with Crippen molar-refractivity contribution < 1.29 is 14.7 Å². The maximum Gasteiger partial charge on any atom is 0.321 e. The van der Waals surface area contributed by atoms with Gasteiger partial charge in [0.15, 0.2) is 0 Å². The van der Waals surface area contributed by atoms with Crippen LogP contribution in [-0.2, 0) is 4.79 Å². The SMILES string of the molecule is O=C(O)C1CCN(C(=O)Nc2cccc(C3SCCS3)c2)CC1. The molecule has 2 N–H and O–H groups in total. The lowest BCUT2D eigenvalue weighted by Crippen LogP contribution is -2.42. The molecular weight excluding hydrogens is 332 g/mol. The molecule has 0 unspecified atom stereocenters. The Morgan fingerprint density at radius 1 is 1.17 bits per heavy atom. The molecule has 0 aromatic heterocycles. The van der Waals surface area contributed by atoms with Gasteiger partial charge in [-0.2, -0.15) is 0 Å². The number of thioether (sulfide) groups is 2. The third-order valence-corrected chi connectivity index (χ3v) is 7.27. The van der Waals surface area contributed by atoms with Gasteiger partial charge in [0.1, 0.15) is 0 Å². The van der Waals surface area contributed by atoms with Crippen molar-refractivity contribution in [3.8, 4) is 0 Å². The van der Waals surface area contributed by atoms with Crippen LogP contribution in [-0.4, -0.2) is 46.6 Å². The molecule has 0 saturated carbocycles. The summed E-state index contributed by atoms with van der Waals surface area (Å²) in [6, 6.07) is 7.87. The summed E-state index contributed by atoms with van der Waals surface area (Å²) in [5, 5.41) is 12.0. The molecule has 2 heterocycles. The first kappa shape index (κ1) is 16.5. The van der Waals surface area contributed by atoms with Gasteiger partial charge in [0, 0.05) is 30.3 Å². The van der Waals surface area contributed by atoms with E-state index < -0.39 is 5.97 Å². The van der Waals surface area contributed by atoms with Gasteiger partial charge in [-0.15, -0.1) is 23.5 Å². The highest BCUT2D eigenvalue weighted by Crippen LogP contribution is 2.45. The maximum atomic E-state index is 12.3. The Bertz CT molecular complexity index is 582. The molecule has 0 atom stereocenters. The van der Waals surface area contributed by atoms with E-state index in [0.29, 0.717) is 30.5 Å². The molecule has 7 heteroatoms. The average Bonchev–Trinajstić information content (AvgIpc) is 3.10. The minimum Gasteiger partial charge on any atom is -0.481 e. The summed E-state index contributed by atoms with van der Waals surface area (Å²) in [5.74, 6) is 1.26. The average molecular weight is 352 g/mol. The fourth-order valence-electron chi connectivity index (χ4n) is 2.85. The third-order valence-electron chi connectivity index (χ3n) is 4.16. The van der Waals surface area contributed by atoms with Crippen LogP contribution in [0.1, 0.15) is 23.0 Å². The summed E-state index contributed by atoms with van der Waals surface area (Å²) < 4.78 is 0.457. The maximum absolute atomic E-state index is 12.3. The Morgan fingerprint density at radius 3 is 2.52 bits per heavy atom. The van der Waals surface area contributed by atoms with Crippen LogP contribution in [0.2, 0.25) is 0 Å². The van der Waals surface area contributed by atoms with Crippen LogP contribution in [0.3, 0.4) is 0 Å². The van der Waals surface area contributed by atoms with Crippen molar-refractivity contribution in [2.75, 3.05) is 29.9 Å². The Labute approximate surface area is 144 Å². The van der Waals surface area contributed by atoms with Gasteiger partial charge in [0.25, 0.3) is 0 Å². The van der Waals surface area contributed by atoms with Crippen LogP contribution in [0.4, 0.5) is 10.5 Å². The van der Waals surface area contributed by atoms with Crippen molar-refractivity contribution in [2.24, 2.45) is 5.92 Å². The molecule has 2 aliphatic rings. The van der Waals surface area contributed by atoms with Gasteiger partial charge in [-0.05, 0) is 30.5 Å². The third kappa shape index (κ3) is 4.14. The molecule has 2 fully saturated rings. The van der Waals surface area contributed by atoms with Crippen LogP contribution in [0.5, 0.6) is 0 Å². The molecule has 3 rings (SSSR count). The molecule has 1 aromatic rings. The number of benzene rings is 1. The molecule has 2 saturated heterocycles. The Kier molecular flexibility index (Phi) is 5.38. The lowest BCUT2D eigenvalue weighted by molar-refractivity contribution is -0.143. The second kappa shape index (κ2) is 7.49. The number of anilines is 1. The smallest absolute Gasteiger partial charge is 0.321 e. The Morgan fingerprint density at radius 2 is 1.87 bits per heavy atom. The topological polar surface area (TPSA) is 69.6 Å². The largest absolute Gasteiger partial charge is 0.481 e. The number of nitrogens with one attached hydrogen (secondary N) is 1. The lowest BCUT2D eigenvalue weighted by Gasteiger charge is -2.30. The number of carbonyl (C=O) groups excluding carboxylic acids is 1. The molecule has 5 nitrogen and oxygen atoms in total.